The van der Waals surface area contributed by atoms with Gasteiger partial charge in [0.2, 0.25) is 0 Å². The van der Waals surface area contributed by atoms with Crippen LogP contribution in [-0.2, 0) is 6.54 Å². The number of phenols is 1. The van der Waals surface area contributed by atoms with Crippen LogP contribution in [0.3, 0.4) is 0 Å². The van der Waals surface area contributed by atoms with E-state index in [1.165, 1.54) is 0 Å². The number of anilines is 1. The molecule has 0 aliphatic carbocycles. The Balaban J connectivity index is 2.02. The molecule has 0 spiro atoms. The highest BCUT2D eigenvalue weighted by atomic mass is 16.3. The van der Waals surface area contributed by atoms with E-state index in [9.17, 15) is 5.11 Å². The van der Waals surface area contributed by atoms with Crippen LogP contribution >= 0.6 is 0 Å². The van der Waals surface area contributed by atoms with E-state index in [2.05, 4.69) is 11.9 Å². The van der Waals surface area contributed by atoms with Gasteiger partial charge in [-0.2, -0.15) is 0 Å². The van der Waals surface area contributed by atoms with Gasteiger partial charge in [0.15, 0.2) is 0 Å². The van der Waals surface area contributed by atoms with Crippen LogP contribution < -0.4 is 5.32 Å². The Bertz CT molecular complexity index is 503. The Morgan fingerprint density at radius 1 is 1.06 bits per heavy atom. The van der Waals surface area contributed by atoms with E-state index in [4.69, 9.17) is 0 Å². The molecule has 2 aromatic rings. The topological polar surface area (TPSA) is 32.3 Å². The van der Waals surface area contributed by atoms with E-state index in [0.29, 0.717) is 12.3 Å². The van der Waals surface area contributed by atoms with Gasteiger partial charge in [-0.05, 0) is 23.8 Å². The van der Waals surface area contributed by atoms with Crippen LogP contribution in [0.4, 0.5) is 5.69 Å². The molecule has 0 fully saturated rings. The lowest BCUT2D eigenvalue weighted by Gasteiger charge is -2.08. The zero-order valence-corrected chi connectivity index (χ0v) is 9.56. The van der Waals surface area contributed by atoms with Crippen molar-refractivity contribution in [1.29, 1.82) is 0 Å². The van der Waals surface area contributed by atoms with Gasteiger partial charge in [0.25, 0.3) is 0 Å². The minimum absolute atomic E-state index is 0.322. The molecule has 2 N–H and O–H groups in total. The van der Waals surface area contributed by atoms with E-state index in [1.807, 2.05) is 48.5 Å². The van der Waals surface area contributed by atoms with Gasteiger partial charge in [-0.1, -0.05) is 43.0 Å². The fraction of sp³-hybridized carbons (Fsp3) is 0.0667. The number of nitrogens with one attached hydrogen (secondary N) is 1. The van der Waals surface area contributed by atoms with Crippen molar-refractivity contribution in [3.63, 3.8) is 0 Å². The molecule has 17 heavy (non-hydrogen) atoms. The van der Waals surface area contributed by atoms with Crippen molar-refractivity contribution in [2.24, 2.45) is 0 Å². The lowest BCUT2D eigenvalue weighted by atomic mass is 10.2. The monoisotopic (exact) mass is 225 g/mol. The van der Waals surface area contributed by atoms with Crippen LogP contribution in [0.15, 0.2) is 55.1 Å². The van der Waals surface area contributed by atoms with Crippen LogP contribution in [-0.4, -0.2) is 5.11 Å². The first-order valence-electron chi connectivity index (χ1n) is 5.53. The van der Waals surface area contributed by atoms with Crippen molar-refractivity contribution < 1.29 is 5.11 Å². The van der Waals surface area contributed by atoms with Gasteiger partial charge in [-0.15, -0.1) is 0 Å². The molecule has 0 atom stereocenters. The Morgan fingerprint density at radius 3 is 2.41 bits per heavy atom. The molecule has 0 aromatic heterocycles. The minimum Gasteiger partial charge on any atom is -0.508 e. The average molecular weight is 225 g/mol. The average Bonchev–Trinajstić information content (AvgIpc) is 2.38. The molecule has 0 radical (unpaired) electrons. The third-order valence-electron chi connectivity index (χ3n) is 2.62. The first-order valence-corrected chi connectivity index (χ1v) is 5.53. The van der Waals surface area contributed by atoms with E-state index in [0.717, 1.165) is 16.8 Å². The van der Waals surface area contributed by atoms with E-state index >= 15 is 0 Å². The molecular weight excluding hydrogens is 210 g/mol. The largest absolute Gasteiger partial charge is 0.508 e. The van der Waals surface area contributed by atoms with Gasteiger partial charge in [-0.3, -0.25) is 0 Å². The van der Waals surface area contributed by atoms with Crippen molar-refractivity contribution in [3.05, 3.63) is 66.2 Å². The molecule has 0 saturated carbocycles. The summed E-state index contributed by atoms with van der Waals surface area (Å²) < 4.78 is 0. The lowest BCUT2D eigenvalue weighted by Crippen LogP contribution is -1.99. The Morgan fingerprint density at radius 2 is 1.76 bits per heavy atom. The summed E-state index contributed by atoms with van der Waals surface area (Å²) >= 11 is 0. The summed E-state index contributed by atoms with van der Waals surface area (Å²) in [5, 5.41) is 12.9. The number of para-hydroxylation sites is 1. The fourth-order valence-corrected chi connectivity index (χ4v) is 1.59. The van der Waals surface area contributed by atoms with Gasteiger partial charge in [0.05, 0.1) is 0 Å². The SMILES string of the molecule is C=Cc1ccc(NCc2ccccc2O)cc1. The predicted molar refractivity (Wildman–Crippen MR) is 72.0 cm³/mol. The molecule has 2 aromatic carbocycles. The molecule has 2 rings (SSSR count). The summed E-state index contributed by atoms with van der Waals surface area (Å²) in [5.74, 6) is 0.322. The Kier molecular flexibility index (Phi) is 3.46. The van der Waals surface area contributed by atoms with Crippen LogP contribution in [0, 0.1) is 0 Å². The predicted octanol–water partition coefficient (Wildman–Crippen LogP) is 3.65. The number of hydrogen-bond acceptors (Lipinski definition) is 2. The summed E-state index contributed by atoms with van der Waals surface area (Å²) in [6.07, 6.45) is 1.81. The van der Waals surface area contributed by atoms with E-state index in [-0.39, 0.29) is 0 Å². The van der Waals surface area contributed by atoms with Gasteiger partial charge in [-0.25, -0.2) is 0 Å². The fourth-order valence-electron chi connectivity index (χ4n) is 1.59. The second-order valence-corrected chi connectivity index (χ2v) is 3.81. The van der Waals surface area contributed by atoms with Crippen molar-refractivity contribution in [2.75, 3.05) is 5.32 Å². The quantitative estimate of drug-likeness (QED) is 0.832. The first-order chi connectivity index (χ1) is 8.29. The van der Waals surface area contributed by atoms with Crippen LogP contribution in [0.1, 0.15) is 11.1 Å². The Hall–Kier alpha value is -2.22. The molecule has 0 amide bonds. The van der Waals surface area contributed by atoms with Crippen molar-refractivity contribution >= 4 is 11.8 Å². The highest BCUT2D eigenvalue weighted by Gasteiger charge is 1.98. The standard InChI is InChI=1S/C15H15NO/c1-2-12-7-9-14(10-8-12)16-11-13-5-3-4-6-15(13)17/h2-10,16-17H,1,11H2. The third-order valence-corrected chi connectivity index (χ3v) is 2.62. The molecule has 86 valence electrons. The summed E-state index contributed by atoms with van der Waals surface area (Å²) in [7, 11) is 0. The summed E-state index contributed by atoms with van der Waals surface area (Å²) in [5.41, 5.74) is 3.01. The normalized spacial score (nSPS) is 9.88. The van der Waals surface area contributed by atoms with Crippen molar-refractivity contribution in [2.45, 2.75) is 6.54 Å². The van der Waals surface area contributed by atoms with E-state index < -0.39 is 0 Å². The smallest absolute Gasteiger partial charge is 0.120 e. The summed E-state index contributed by atoms with van der Waals surface area (Å²) in [4.78, 5) is 0. The number of phenolic OH excluding ortho intramolecular Hbond substituents is 1. The summed E-state index contributed by atoms with van der Waals surface area (Å²) in [6, 6.07) is 15.3. The maximum Gasteiger partial charge on any atom is 0.120 e. The molecule has 0 unspecified atom stereocenters. The van der Waals surface area contributed by atoms with Gasteiger partial charge < -0.3 is 10.4 Å². The van der Waals surface area contributed by atoms with Gasteiger partial charge in [0, 0.05) is 17.8 Å². The van der Waals surface area contributed by atoms with Crippen LogP contribution in [0.5, 0.6) is 5.75 Å². The van der Waals surface area contributed by atoms with Crippen molar-refractivity contribution in [1.82, 2.24) is 0 Å². The zero-order chi connectivity index (χ0) is 12.1. The molecule has 2 heteroatoms. The molecule has 0 saturated heterocycles. The van der Waals surface area contributed by atoms with E-state index in [1.54, 1.807) is 6.07 Å². The van der Waals surface area contributed by atoms with Crippen LogP contribution in [0.2, 0.25) is 0 Å². The molecule has 0 heterocycles. The molecule has 0 bridgehead atoms. The Labute approximate surface area is 101 Å². The third kappa shape index (κ3) is 2.88. The number of hydrogen-bond donors (Lipinski definition) is 2. The number of benzene rings is 2. The maximum absolute atomic E-state index is 9.62. The molecule has 0 aliphatic rings. The molecule has 0 aliphatic heterocycles. The van der Waals surface area contributed by atoms with Crippen LogP contribution in [0.25, 0.3) is 6.08 Å². The number of rotatable bonds is 4. The second kappa shape index (κ2) is 5.21. The van der Waals surface area contributed by atoms with Crippen molar-refractivity contribution in [3.8, 4) is 5.75 Å². The maximum atomic E-state index is 9.62. The highest BCUT2D eigenvalue weighted by molar-refractivity contribution is 5.53. The lowest BCUT2D eigenvalue weighted by molar-refractivity contribution is 0.469. The molecule has 2 nitrogen and oxygen atoms in total. The highest BCUT2D eigenvalue weighted by Crippen LogP contribution is 2.18. The number of aromatic hydroxyl groups is 1. The summed E-state index contributed by atoms with van der Waals surface area (Å²) in [6.45, 7) is 4.32. The molecular formula is C15H15NO. The van der Waals surface area contributed by atoms with Gasteiger partial charge >= 0.3 is 0 Å². The zero-order valence-electron chi connectivity index (χ0n) is 9.56. The van der Waals surface area contributed by atoms with Gasteiger partial charge in [0.1, 0.15) is 5.75 Å². The first kappa shape index (κ1) is 11.3. The minimum atomic E-state index is 0.322. The second-order valence-electron chi connectivity index (χ2n) is 3.81.